The van der Waals surface area contributed by atoms with E-state index < -0.39 is 0 Å². The van der Waals surface area contributed by atoms with Gasteiger partial charge in [0, 0.05) is 13.5 Å². The van der Waals surface area contributed by atoms with Crippen molar-refractivity contribution in [2.24, 2.45) is 0 Å². The minimum atomic E-state index is -0.00694. The second-order valence-electron chi connectivity index (χ2n) is 1.43. The molecule has 3 nitrogen and oxygen atoms in total. The van der Waals surface area contributed by atoms with Crippen molar-refractivity contribution in [3.63, 3.8) is 0 Å². The summed E-state index contributed by atoms with van der Waals surface area (Å²) in [6.07, 6.45) is 0.490. The maximum absolute atomic E-state index is 10.5. The Balaban J connectivity index is 0. The lowest BCUT2D eigenvalue weighted by molar-refractivity contribution is -0.168. The SMILES string of the molecule is CCC(=O)N(C)OC.Cl. The van der Waals surface area contributed by atoms with Crippen LogP contribution in [0.1, 0.15) is 13.3 Å². The van der Waals surface area contributed by atoms with Gasteiger partial charge in [-0.15, -0.1) is 12.4 Å². The molecule has 0 aliphatic rings. The monoisotopic (exact) mass is 153 g/mol. The van der Waals surface area contributed by atoms with Crippen LogP contribution in [-0.2, 0) is 9.63 Å². The molecule has 0 aromatic carbocycles. The molecule has 0 aliphatic carbocycles. The highest BCUT2D eigenvalue weighted by Gasteiger charge is 2.01. The molecular formula is C5H12ClNO2. The van der Waals surface area contributed by atoms with Gasteiger partial charge in [0.2, 0.25) is 5.91 Å². The number of carbonyl (C=O) groups excluding carboxylic acids is 1. The van der Waals surface area contributed by atoms with Crippen LogP contribution in [-0.4, -0.2) is 25.1 Å². The second-order valence-corrected chi connectivity index (χ2v) is 1.43. The van der Waals surface area contributed by atoms with Crippen molar-refractivity contribution >= 4 is 18.3 Å². The molecule has 0 unspecified atom stereocenters. The summed E-state index contributed by atoms with van der Waals surface area (Å²) in [6.45, 7) is 1.79. The van der Waals surface area contributed by atoms with Crippen molar-refractivity contribution < 1.29 is 9.63 Å². The van der Waals surface area contributed by atoms with Crippen LogP contribution < -0.4 is 0 Å². The molecule has 0 N–H and O–H groups in total. The zero-order valence-corrected chi connectivity index (χ0v) is 6.70. The van der Waals surface area contributed by atoms with Gasteiger partial charge >= 0.3 is 0 Å². The Morgan fingerprint density at radius 3 is 2.22 bits per heavy atom. The summed E-state index contributed by atoms with van der Waals surface area (Å²) >= 11 is 0. The molecule has 0 aromatic heterocycles. The predicted molar refractivity (Wildman–Crippen MR) is 37.3 cm³/mol. The summed E-state index contributed by atoms with van der Waals surface area (Å²) in [5.74, 6) is -0.00694. The first-order valence-corrected chi connectivity index (χ1v) is 2.53. The maximum Gasteiger partial charge on any atom is 0.245 e. The van der Waals surface area contributed by atoms with Gasteiger partial charge in [-0.05, 0) is 0 Å². The van der Waals surface area contributed by atoms with Crippen molar-refractivity contribution in [2.45, 2.75) is 13.3 Å². The molecule has 0 heterocycles. The molecular weight excluding hydrogens is 142 g/mol. The van der Waals surface area contributed by atoms with Gasteiger partial charge in [0.25, 0.3) is 0 Å². The number of rotatable bonds is 2. The summed E-state index contributed by atoms with van der Waals surface area (Å²) in [7, 11) is 3.05. The lowest BCUT2D eigenvalue weighted by Gasteiger charge is -2.10. The van der Waals surface area contributed by atoms with Crippen LogP contribution in [0, 0.1) is 0 Å². The molecule has 0 saturated carbocycles. The average Bonchev–Trinajstić information content (AvgIpc) is 1.84. The molecule has 9 heavy (non-hydrogen) atoms. The Kier molecular flexibility index (Phi) is 7.48. The van der Waals surface area contributed by atoms with Crippen LogP contribution in [0.3, 0.4) is 0 Å². The number of hydroxylamine groups is 2. The molecule has 56 valence electrons. The van der Waals surface area contributed by atoms with E-state index in [-0.39, 0.29) is 18.3 Å². The molecule has 4 heteroatoms. The Labute approximate surface area is 61.3 Å². The number of halogens is 1. The van der Waals surface area contributed by atoms with E-state index in [4.69, 9.17) is 0 Å². The lowest BCUT2D eigenvalue weighted by Crippen LogP contribution is -2.23. The number of hydrogen-bond donors (Lipinski definition) is 0. The Morgan fingerprint density at radius 1 is 1.67 bits per heavy atom. The van der Waals surface area contributed by atoms with E-state index in [0.29, 0.717) is 6.42 Å². The zero-order valence-electron chi connectivity index (χ0n) is 5.88. The molecule has 0 bridgehead atoms. The van der Waals surface area contributed by atoms with E-state index in [2.05, 4.69) is 4.84 Å². The van der Waals surface area contributed by atoms with Crippen molar-refractivity contribution in [3.05, 3.63) is 0 Å². The first-order chi connectivity index (χ1) is 3.72. The van der Waals surface area contributed by atoms with Crippen LogP contribution in [0.15, 0.2) is 0 Å². The fourth-order valence-electron chi connectivity index (χ4n) is 0.324. The largest absolute Gasteiger partial charge is 0.275 e. The normalized spacial score (nSPS) is 7.89. The first-order valence-electron chi connectivity index (χ1n) is 2.53. The third-order valence-electron chi connectivity index (χ3n) is 0.928. The van der Waals surface area contributed by atoms with Crippen LogP contribution in [0.25, 0.3) is 0 Å². The van der Waals surface area contributed by atoms with Crippen LogP contribution in [0.4, 0.5) is 0 Å². The van der Waals surface area contributed by atoms with Gasteiger partial charge in [-0.2, -0.15) is 0 Å². The van der Waals surface area contributed by atoms with Gasteiger partial charge in [0.05, 0.1) is 7.11 Å². The summed E-state index contributed by atoms with van der Waals surface area (Å²) in [5, 5.41) is 1.21. The summed E-state index contributed by atoms with van der Waals surface area (Å²) in [5.41, 5.74) is 0. The van der Waals surface area contributed by atoms with E-state index >= 15 is 0 Å². The van der Waals surface area contributed by atoms with Crippen molar-refractivity contribution in [3.8, 4) is 0 Å². The van der Waals surface area contributed by atoms with E-state index in [1.54, 1.807) is 14.0 Å². The van der Waals surface area contributed by atoms with Crippen LogP contribution in [0.5, 0.6) is 0 Å². The highest BCUT2D eigenvalue weighted by Crippen LogP contribution is 1.86. The molecule has 0 radical (unpaired) electrons. The molecule has 0 atom stereocenters. The quantitative estimate of drug-likeness (QED) is 0.551. The Hall–Kier alpha value is -0.280. The van der Waals surface area contributed by atoms with E-state index in [9.17, 15) is 4.79 Å². The molecule has 0 fully saturated rings. The topological polar surface area (TPSA) is 29.5 Å². The van der Waals surface area contributed by atoms with Gasteiger partial charge in [0.1, 0.15) is 0 Å². The van der Waals surface area contributed by atoms with Gasteiger partial charge in [-0.3, -0.25) is 9.63 Å². The molecule has 0 saturated heterocycles. The van der Waals surface area contributed by atoms with E-state index in [1.807, 2.05) is 0 Å². The van der Waals surface area contributed by atoms with Crippen LogP contribution in [0.2, 0.25) is 0 Å². The first kappa shape index (κ1) is 11.5. The number of nitrogens with zero attached hydrogens (tertiary/aromatic N) is 1. The molecule has 1 amide bonds. The minimum Gasteiger partial charge on any atom is -0.275 e. The van der Waals surface area contributed by atoms with Crippen LogP contribution >= 0.6 is 12.4 Å². The summed E-state index contributed by atoms with van der Waals surface area (Å²) < 4.78 is 0. The fraction of sp³-hybridized carbons (Fsp3) is 0.800. The molecule has 0 spiro atoms. The van der Waals surface area contributed by atoms with E-state index in [1.165, 1.54) is 12.2 Å². The van der Waals surface area contributed by atoms with Gasteiger partial charge < -0.3 is 0 Å². The second kappa shape index (κ2) is 5.85. The van der Waals surface area contributed by atoms with Crippen molar-refractivity contribution in [1.82, 2.24) is 5.06 Å². The number of carbonyl (C=O) groups is 1. The predicted octanol–water partition coefficient (Wildman–Crippen LogP) is 0.838. The molecule has 0 rings (SSSR count). The van der Waals surface area contributed by atoms with Crippen molar-refractivity contribution in [2.75, 3.05) is 14.2 Å². The molecule has 0 aliphatic heterocycles. The van der Waals surface area contributed by atoms with Gasteiger partial charge in [0.15, 0.2) is 0 Å². The molecule has 0 aromatic rings. The lowest BCUT2D eigenvalue weighted by atomic mass is 10.5. The zero-order chi connectivity index (χ0) is 6.57. The van der Waals surface area contributed by atoms with E-state index in [0.717, 1.165) is 0 Å². The minimum absolute atomic E-state index is 0. The maximum atomic E-state index is 10.5. The average molecular weight is 154 g/mol. The summed E-state index contributed by atoms with van der Waals surface area (Å²) in [4.78, 5) is 15.1. The fourth-order valence-corrected chi connectivity index (χ4v) is 0.324. The number of hydrogen-bond acceptors (Lipinski definition) is 2. The van der Waals surface area contributed by atoms with Gasteiger partial charge in [-0.1, -0.05) is 6.92 Å². The summed E-state index contributed by atoms with van der Waals surface area (Å²) in [6, 6.07) is 0. The Morgan fingerprint density at radius 2 is 2.11 bits per heavy atom. The third kappa shape index (κ3) is 4.24. The highest BCUT2D eigenvalue weighted by molar-refractivity contribution is 5.85. The highest BCUT2D eigenvalue weighted by atomic mass is 35.5. The Bertz CT molecular complexity index is 87.0. The van der Waals surface area contributed by atoms with Crippen molar-refractivity contribution in [1.29, 1.82) is 0 Å². The third-order valence-corrected chi connectivity index (χ3v) is 0.928. The van der Waals surface area contributed by atoms with Gasteiger partial charge in [-0.25, -0.2) is 5.06 Å². The standard InChI is InChI=1S/C5H11NO2.ClH/c1-4-5(7)6(2)8-3;/h4H2,1-3H3;1H. The smallest absolute Gasteiger partial charge is 0.245 e. The number of amides is 1.